The minimum absolute atomic E-state index is 0.0549. The first kappa shape index (κ1) is 10.3. The molecule has 0 aliphatic rings. The Morgan fingerprint density at radius 2 is 2.38 bits per heavy atom. The Kier molecular flexibility index (Phi) is 3.51. The lowest BCUT2D eigenvalue weighted by molar-refractivity contribution is 0.327. The molecule has 0 radical (unpaired) electrons. The maximum Gasteiger partial charge on any atom is 0.232 e. The van der Waals surface area contributed by atoms with E-state index in [1.165, 1.54) is 0 Å². The van der Waals surface area contributed by atoms with Crippen molar-refractivity contribution in [2.75, 3.05) is 6.61 Å². The van der Waals surface area contributed by atoms with Crippen LogP contribution in [0.4, 0.5) is 0 Å². The van der Waals surface area contributed by atoms with Crippen LogP contribution in [0.25, 0.3) is 0 Å². The molecule has 72 valence electrons. The second kappa shape index (κ2) is 4.44. The van der Waals surface area contributed by atoms with Crippen molar-refractivity contribution in [2.24, 2.45) is 5.73 Å². The number of hydrogen-bond acceptors (Lipinski definition) is 3. The minimum atomic E-state index is -0.0549. The molecule has 13 heavy (non-hydrogen) atoms. The van der Waals surface area contributed by atoms with Crippen molar-refractivity contribution >= 4 is 11.6 Å². The SMILES string of the molecule is CCOc1ncc([C@@H](C)N)cc1Cl. The number of halogens is 1. The van der Waals surface area contributed by atoms with Gasteiger partial charge in [-0.1, -0.05) is 11.6 Å². The number of nitrogens with two attached hydrogens (primary N) is 1. The van der Waals surface area contributed by atoms with Gasteiger partial charge >= 0.3 is 0 Å². The molecule has 1 aromatic heterocycles. The summed E-state index contributed by atoms with van der Waals surface area (Å²) >= 11 is 5.91. The second-order valence-electron chi connectivity index (χ2n) is 2.78. The van der Waals surface area contributed by atoms with Gasteiger partial charge in [0, 0.05) is 12.2 Å². The van der Waals surface area contributed by atoms with Crippen LogP contribution in [0.3, 0.4) is 0 Å². The number of nitrogens with zero attached hydrogens (tertiary/aromatic N) is 1. The zero-order valence-corrected chi connectivity index (χ0v) is 8.51. The fraction of sp³-hybridized carbons (Fsp3) is 0.444. The van der Waals surface area contributed by atoms with E-state index in [1.54, 1.807) is 12.3 Å². The predicted octanol–water partition coefficient (Wildman–Crippen LogP) is 2.15. The van der Waals surface area contributed by atoms with E-state index < -0.39 is 0 Å². The molecule has 2 N–H and O–H groups in total. The molecule has 0 aliphatic carbocycles. The van der Waals surface area contributed by atoms with E-state index in [2.05, 4.69) is 4.98 Å². The highest BCUT2D eigenvalue weighted by atomic mass is 35.5. The Balaban J connectivity index is 2.92. The molecule has 0 aliphatic heterocycles. The molecule has 1 atom stereocenters. The summed E-state index contributed by atoms with van der Waals surface area (Å²) in [4.78, 5) is 4.06. The normalized spacial score (nSPS) is 12.6. The summed E-state index contributed by atoms with van der Waals surface area (Å²) in [5.41, 5.74) is 6.58. The highest BCUT2D eigenvalue weighted by molar-refractivity contribution is 6.31. The van der Waals surface area contributed by atoms with Gasteiger partial charge < -0.3 is 10.5 Å². The average molecular weight is 201 g/mol. The molecule has 0 saturated carbocycles. The third kappa shape index (κ3) is 2.57. The molecule has 1 aromatic rings. The molecular formula is C9H13ClN2O. The molecule has 0 spiro atoms. The predicted molar refractivity (Wildman–Crippen MR) is 53.0 cm³/mol. The largest absolute Gasteiger partial charge is 0.477 e. The van der Waals surface area contributed by atoms with Crippen LogP contribution in [0.2, 0.25) is 5.02 Å². The van der Waals surface area contributed by atoms with Gasteiger partial charge in [-0.25, -0.2) is 4.98 Å². The summed E-state index contributed by atoms with van der Waals surface area (Å²) in [5.74, 6) is 0.466. The molecule has 0 aromatic carbocycles. The Morgan fingerprint density at radius 1 is 1.69 bits per heavy atom. The van der Waals surface area contributed by atoms with Crippen LogP contribution in [0.15, 0.2) is 12.3 Å². The van der Waals surface area contributed by atoms with Crippen molar-refractivity contribution in [1.29, 1.82) is 0 Å². The number of ether oxygens (including phenoxy) is 1. The van der Waals surface area contributed by atoms with Crippen LogP contribution in [-0.4, -0.2) is 11.6 Å². The zero-order valence-electron chi connectivity index (χ0n) is 7.75. The lowest BCUT2D eigenvalue weighted by atomic mass is 10.2. The maximum absolute atomic E-state index is 5.91. The van der Waals surface area contributed by atoms with Crippen molar-refractivity contribution in [3.63, 3.8) is 0 Å². The van der Waals surface area contributed by atoms with E-state index in [4.69, 9.17) is 22.1 Å². The van der Waals surface area contributed by atoms with Gasteiger partial charge in [-0.15, -0.1) is 0 Å². The van der Waals surface area contributed by atoms with Crippen molar-refractivity contribution in [3.8, 4) is 5.88 Å². The van der Waals surface area contributed by atoms with Gasteiger partial charge in [-0.05, 0) is 25.5 Å². The molecule has 0 fully saturated rings. The van der Waals surface area contributed by atoms with Gasteiger partial charge in [0.1, 0.15) is 5.02 Å². The highest BCUT2D eigenvalue weighted by Crippen LogP contribution is 2.24. The van der Waals surface area contributed by atoms with Crippen LogP contribution in [0.5, 0.6) is 5.88 Å². The molecule has 0 amide bonds. The maximum atomic E-state index is 5.91. The van der Waals surface area contributed by atoms with Crippen LogP contribution in [0, 0.1) is 0 Å². The summed E-state index contributed by atoms with van der Waals surface area (Å²) < 4.78 is 5.19. The second-order valence-corrected chi connectivity index (χ2v) is 3.18. The molecular weight excluding hydrogens is 188 g/mol. The monoisotopic (exact) mass is 200 g/mol. The van der Waals surface area contributed by atoms with Crippen molar-refractivity contribution < 1.29 is 4.74 Å². The first-order chi connectivity index (χ1) is 6.15. The molecule has 0 saturated heterocycles. The van der Waals surface area contributed by atoms with Crippen molar-refractivity contribution in [3.05, 3.63) is 22.8 Å². The first-order valence-electron chi connectivity index (χ1n) is 4.19. The van der Waals surface area contributed by atoms with Crippen LogP contribution >= 0.6 is 11.6 Å². The minimum Gasteiger partial charge on any atom is -0.477 e. The Hall–Kier alpha value is -0.800. The highest BCUT2D eigenvalue weighted by Gasteiger charge is 2.06. The van der Waals surface area contributed by atoms with Crippen LogP contribution in [-0.2, 0) is 0 Å². The summed E-state index contributed by atoms with van der Waals surface area (Å²) in [6.07, 6.45) is 1.68. The smallest absolute Gasteiger partial charge is 0.232 e. The zero-order chi connectivity index (χ0) is 9.84. The number of pyridine rings is 1. The summed E-state index contributed by atoms with van der Waals surface area (Å²) in [6, 6.07) is 1.73. The fourth-order valence-corrected chi connectivity index (χ4v) is 1.16. The van der Waals surface area contributed by atoms with E-state index in [0.717, 1.165) is 5.56 Å². The molecule has 0 bridgehead atoms. The molecule has 1 rings (SSSR count). The van der Waals surface area contributed by atoms with Crippen molar-refractivity contribution in [2.45, 2.75) is 19.9 Å². The van der Waals surface area contributed by atoms with Gasteiger partial charge in [0.2, 0.25) is 5.88 Å². The summed E-state index contributed by atoms with van der Waals surface area (Å²) in [7, 11) is 0. The van der Waals surface area contributed by atoms with E-state index in [-0.39, 0.29) is 6.04 Å². The average Bonchev–Trinajstić information content (AvgIpc) is 2.08. The first-order valence-corrected chi connectivity index (χ1v) is 4.56. The van der Waals surface area contributed by atoms with Crippen molar-refractivity contribution in [1.82, 2.24) is 4.98 Å². The Bertz CT molecular complexity index is 289. The standard InChI is InChI=1S/C9H13ClN2O/c1-3-13-9-8(10)4-7(5-12-9)6(2)11/h4-6H,3,11H2,1-2H3/t6-/m1/s1. The summed E-state index contributed by atoms with van der Waals surface area (Å²) in [6.45, 7) is 4.33. The number of rotatable bonds is 3. The van der Waals surface area contributed by atoms with E-state index in [0.29, 0.717) is 17.5 Å². The third-order valence-corrected chi connectivity index (χ3v) is 1.91. The molecule has 1 heterocycles. The number of aromatic nitrogens is 1. The Labute approximate surface area is 82.9 Å². The lowest BCUT2D eigenvalue weighted by Gasteiger charge is -2.08. The molecule has 3 nitrogen and oxygen atoms in total. The number of hydrogen-bond donors (Lipinski definition) is 1. The van der Waals surface area contributed by atoms with Gasteiger partial charge in [-0.3, -0.25) is 0 Å². The molecule has 4 heteroatoms. The van der Waals surface area contributed by atoms with Crippen LogP contribution in [0.1, 0.15) is 25.5 Å². The lowest BCUT2D eigenvalue weighted by Crippen LogP contribution is -2.06. The van der Waals surface area contributed by atoms with Gasteiger partial charge in [0.15, 0.2) is 0 Å². The summed E-state index contributed by atoms with van der Waals surface area (Å²) in [5, 5.41) is 0.511. The van der Waals surface area contributed by atoms with E-state index in [9.17, 15) is 0 Å². The van der Waals surface area contributed by atoms with Gasteiger partial charge in [0.25, 0.3) is 0 Å². The van der Waals surface area contributed by atoms with Gasteiger partial charge in [0.05, 0.1) is 6.61 Å². The van der Waals surface area contributed by atoms with E-state index in [1.807, 2.05) is 13.8 Å². The van der Waals surface area contributed by atoms with Gasteiger partial charge in [-0.2, -0.15) is 0 Å². The van der Waals surface area contributed by atoms with E-state index >= 15 is 0 Å². The quantitative estimate of drug-likeness (QED) is 0.814. The topological polar surface area (TPSA) is 48.1 Å². The third-order valence-electron chi connectivity index (χ3n) is 1.64. The molecule has 0 unspecified atom stereocenters. The Morgan fingerprint density at radius 3 is 2.85 bits per heavy atom. The fourth-order valence-electron chi connectivity index (χ4n) is 0.932. The van der Waals surface area contributed by atoms with Crippen LogP contribution < -0.4 is 10.5 Å².